The topological polar surface area (TPSA) is 86.1 Å². The van der Waals surface area contributed by atoms with E-state index in [2.05, 4.69) is 10.4 Å². The molecule has 152 valence electrons. The number of fused-ring (bicyclic) bond motifs is 1. The number of rotatable bonds is 7. The maximum absolute atomic E-state index is 12.9. The van der Waals surface area contributed by atoms with Crippen LogP contribution in [0, 0.1) is 5.92 Å². The molecule has 29 heavy (non-hydrogen) atoms. The molecule has 3 aromatic rings. The van der Waals surface area contributed by atoms with Crippen molar-refractivity contribution in [2.24, 2.45) is 5.92 Å². The van der Waals surface area contributed by atoms with Gasteiger partial charge < -0.3 is 10.1 Å². The van der Waals surface area contributed by atoms with Crippen molar-refractivity contribution in [2.75, 3.05) is 6.54 Å². The Hall–Kier alpha value is -3.22. The molecule has 7 heteroatoms. The Morgan fingerprint density at radius 2 is 1.90 bits per heavy atom. The maximum atomic E-state index is 12.9. The zero-order valence-corrected chi connectivity index (χ0v) is 17.2. The van der Waals surface area contributed by atoms with Crippen molar-refractivity contribution < 1.29 is 14.3 Å². The average molecular weight is 394 g/mol. The van der Waals surface area contributed by atoms with Gasteiger partial charge >= 0.3 is 5.97 Å². The molecule has 1 unspecified atom stereocenters. The molecular weight excluding hydrogens is 368 g/mol. The molecule has 0 aliphatic carbocycles. The summed E-state index contributed by atoms with van der Waals surface area (Å²) in [6.45, 7) is 8.68. The van der Waals surface area contributed by atoms with E-state index in [1.807, 2.05) is 51.1 Å². The number of benzene rings is 1. The lowest BCUT2D eigenvalue weighted by Crippen LogP contribution is -2.37. The van der Waals surface area contributed by atoms with Gasteiger partial charge in [0, 0.05) is 18.7 Å². The Kier molecular flexibility index (Phi) is 6.26. The van der Waals surface area contributed by atoms with Crippen LogP contribution in [0.1, 0.15) is 38.1 Å². The second-order valence-corrected chi connectivity index (χ2v) is 7.31. The third kappa shape index (κ3) is 4.62. The summed E-state index contributed by atoms with van der Waals surface area (Å²) in [7, 11) is 0. The van der Waals surface area contributed by atoms with Crippen LogP contribution in [0.25, 0.3) is 22.3 Å². The minimum atomic E-state index is -0.897. The van der Waals surface area contributed by atoms with E-state index in [-0.39, 0.29) is 5.91 Å². The largest absolute Gasteiger partial charge is 0.449 e. The van der Waals surface area contributed by atoms with Gasteiger partial charge in [0.05, 0.1) is 22.8 Å². The first-order valence-electron chi connectivity index (χ1n) is 9.81. The van der Waals surface area contributed by atoms with Crippen LogP contribution in [-0.4, -0.2) is 39.3 Å². The van der Waals surface area contributed by atoms with Crippen LogP contribution < -0.4 is 5.32 Å². The van der Waals surface area contributed by atoms with Crippen LogP contribution in [0.5, 0.6) is 0 Å². The first-order valence-corrected chi connectivity index (χ1v) is 9.81. The number of esters is 1. The highest BCUT2D eigenvalue weighted by Gasteiger charge is 2.23. The number of nitrogens with zero attached hydrogens (tertiary/aromatic N) is 3. The van der Waals surface area contributed by atoms with Gasteiger partial charge in [-0.3, -0.25) is 4.79 Å². The number of ether oxygens (including phenoxy) is 1. The molecule has 1 aromatic carbocycles. The molecular formula is C22H26N4O3. The number of carbonyl (C=O) groups is 2. The van der Waals surface area contributed by atoms with Crippen molar-refractivity contribution in [3.8, 4) is 11.3 Å². The minimum absolute atomic E-state index is 0.315. The number of amides is 1. The molecule has 1 N–H and O–H groups in total. The lowest BCUT2D eigenvalue weighted by Gasteiger charge is -2.15. The fraction of sp³-hybridized carbons (Fsp3) is 0.364. The van der Waals surface area contributed by atoms with E-state index in [9.17, 15) is 9.59 Å². The van der Waals surface area contributed by atoms with Gasteiger partial charge in [0.1, 0.15) is 0 Å². The summed E-state index contributed by atoms with van der Waals surface area (Å²) in [4.78, 5) is 29.8. The van der Waals surface area contributed by atoms with Gasteiger partial charge in [0.15, 0.2) is 11.8 Å². The normalized spacial score (nSPS) is 12.2. The van der Waals surface area contributed by atoms with Gasteiger partial charge in [-0.2, -0.15) is 5.10 Å². The van der Waals surface area contributed by atoms with E-state index in [0.717, 1.165) is 5.56 Å². The number of carbonyl (C=O) groups excluding carboxylic acids is 2. The monoisotopic (exact) mass is 394 g/mol. The van der Waals surface area contributed by atoms with E-state index in [0.29, 0.717) is 41.3 Å². The third-order valence-corrected chi connectivity index (χ3v) is 4.54. The average Bonchev–Trinajstić information content (AvgIpc) is 3.14. The Balaban J connectivity index is 1.94. The summed E-state index contributed by atoms with van der Waals surface area (Å²) in [5.41, 5.74) is 2.49. The summed E-state index contributed by atoms with van der Waals surface area (Å²) in [6, 6.07) is 11.3. The Morgan fingerprint density at radius 1 is 1.17 bits per heavy atom. The number of aromatic nitrogens is 3. The Bertz CT molecular complexity index is 1010. The summed E-state index contributed by atoms with van der Waals surface area (Å²) in [6.07, 6.45) is 0.714. The third-order valence-electron chi connectivity index (χ3n) is 4.54. The van der Waals surface area contributed by atoms with Gasteiger partial charge in [0.2, 0.25) is 0 Å². The van der Waals surface area contributed by atoms with Crippen molar-refractivity contribution >= 4 is 22.9 Å². The van der Waals surface area contributed by atoms with E-state index in [4.69, 9.17) is 9.72 Å². The second-order valence-electron chi connectivity index (χ2n) is 7.31. The number of nitrogens with one attached hydrogen (secondary N) is 1. The van der Waals surface area contributed by atoms with E-state index in [1.54, 1.807) is 23.9 Å². The Morgan fingerprint density at radius 3 is 2.55 bits per heavy atom. The predicted molar refractivity (Wildman–Crippen MR) is 111 cm³/mol. The summed E-state index contributed by atoms with van der Waals surface area (Å²) >= 11 is 0. The molecule has 7 nitrogen and oxygen atoms in total. The number of aryl methyl sites for hydroxylation is 1. The van der Waals surface area contributed by atoms with Gasteiger partial charge in [0.25, 0.3) is 5.91 Å². The fourth-order valence-corrected chi connectivity index (χ4v) is 2.93. The molecule has 2 heterocycles. The van der Waals surface area contributed by atoms with E-state index < -0.39 is 12.1 Å². The quantitative estimate of drug-likeness (QED) is 0.621. The first kappa shape index (κ1) is 20.5. The van der Waals surface area contributed by atoms with Crippen molar-refractivity contribution in [2.45, 2.75) is 40.3 Å². The zero-order chi connectivity index (χ0) is 21.0. The molecule has 0 bridgehead atoms. The van der Waals surface area contributed by atoms with Gasteiger partial charge in [-0.15, -0.1) is 0 Å². The van der Waals surface area contributed by atoms with Gasteiger partial charge in [-0.05, 0) is 25.8 Å². The molecule has 3 rings (SSSR count). The standard InChI is InChI=1S/C22H26N4O3/c1-5-26-20-18(13-24-26)17(11-19(25-20)16-9-7-6-8-10-16)22(28)29-15(4)21(27)23-12-14(2)3/h6-11,13-15H,5,12H2,1-4H3,(H,23,27). The molecule has 0 fully saturated rings. The smallest absolute Gasteiger partial charge is 0.339 e. The molecule has 0 aliphatic rings. The maximum Gasteiger partial charge on any atom is 0.339 e. The van der Waals surface area contributed by atoms with E-state index >= 15 is 0 Å². The summed E-state index contributed by atoms with van der Waals surface area (Å²) in [5.74, 6) is -0.572. The predicted octanol–water partition coefficient (Wildman–Crippen LogP) is 3.44. The van der Waals surface area contributed by atoms with Crippen molar-refractivity contribution in [3.05, 3.63) is 48.2 Å². The van der Waals surface area contributed by atoms with Crippen LogP contribution in [0.4, 0.5) is 0 Å². The summed E-state index contributed by atoms with van der Waals surface area (Å²) in [5, 5.41) is 7.71. The van der Waals surface area contributed by atoms with Crippen molar-refractivity contribution in [1.82, 2.24) is 20.1 Å². The second kappa shape index (κ2) is 8.86. The fourth-order valence-electron chi connectivity index (χ4n) is 2.93. The number of hydrogen-bond donors (Lipinski definition) is 1. The summed E-state index contributed by atoms with van der Waals surface area (Å²) < 4.78 is 7.19. The highest BCUT2D eigenvalue weighted by atomic mass is 16.5. The molecule has 0 saturated carbocycles. The van der Waals surface area contributed by atoms with Crippen molar-refractivity contribution in [3.63, 3.8) is 0 Å². The van der Waals surface area contributed by atoms with Crippen LogP contribution in [0.2, 0.25) is 0 Å². The lowest BCUT2D eigenvalue weighted by atomic mass is 10.1. The van der Waals surface area contributed by atoms with Crippen LogP contribution in [-0.2, 0) is 16.1 Å². The highest BCUT2D eigenvalue weighted by Crippen LogP contribution is 2.25. The lowest BCUT2D eigenvalue weighted by molar-refractivity contribution is -0.129. The molecule has 1 atom stereocenters. The highest BCUT2D eigenvalue weighted by molar-refractivity contribution is 6.04. The number of hydrogen-bond acceptors (Lipinski definition) is 5. The Labute approximate surface area is 170 Å². The molecule has 0 spiro atoms. The number of pyridine rings is 1. The molecule has 1 amide bonds. The van der Waals surface area contributed by atoms with Crippen LogP contribution in [0.3, 0.4) is 0 Å². The van der Waals surface area contributed by atoms with Gasteiger partial charge in [-0.1, -0.05) is 44.2 Å². The molecule has 0 radical (unpaired) electrons. The van der Waals surface area contributed by atoms with Crippen LogP contribution in [0.15, 0.2) is 42.6 Å². The molecule has 0 saturated heterocycles. The van der Waals surface area contributed by atoms with E-state index in [1.165, 1.54) is 0 Å². The van der Waals surface area contributed by atoms with Gasteiger partial charge in [-0.25, -0.2) is 14.5 Å². The minimum Gasteiger partial charge on any atom is -0.449 e. The SMILES string of the molecule is CCn1ncc2c(C(=O)OC(C)C(=O)NCC(C)C)cc(-c3ccccc3)nc21. The zero-order valence-electron chi connectivity index (χ0n) is 17.2. The first-order chi connectivity index (χ1) is 13.9. The van der Waals surface area contributed by atoms with Crippen molar-refractivity contribution in [1.29, 1.82) is 0 Å². The molecule has 0 aliphatic heterocycles. The molecule has 2 aromatic heterocycles. The van der Waals surface area contributed by atoms with Crippen LogP contribution >= 0.6 is 0 Å².